The Morgan fingerprint density at radius 1 is 1.43 bits per heavy atom. The monoisotopic (exact) mass is 293 g/mol. The molecule has 1 aliphatic heterocycles. The molecule has 116 valence electrons. The summed E-state index contributed by atoms with van der Waals surface area (Å²) in [6.07, 6.45) is 5.21. The van der Waals surface area contributed by atoms with Crippen molar-refractivity contribution in [2.24, 2.45) is 13.0 Å². The fourth-order valence-electron chi connectivity index (χ4n) is 2.80. The number of rotatable bonds is 4. The van der Waals surface area contributed by atoms with Gasteiger partial charge in [0, 0.05) is 38.9 Å². The van der Waals surface area contributed by atoms with Gasteiger partial charge in [-0.3, -0.25) is 14.3 Å². The van der Waals surface area contributed by atoms with Crippen molar-refractivity contribution in [3.63, 3.8) is 0 Å². The van der Waals surface area contributed by atoms with Gasteiger partial charge in [0.2, 0.25) is 11.8 Å². The second-order valence-corrected chi connectivity index (χ2v) is 5.41. The predicted molar refractivity (Wildman–Crippen MR) is 78.4 cm³/mol. The topological polar surface area (TPSA) is 79.3 Å². The molecule has 0 aromatic carbocycles. The van der Waals surface area contributed by atoms with Crippen LogP contribution in [0.3, 0.4) is 0 Å². The number of carbonyl (C=O) groups excluding carboxylic acids is 2. The van der Waals surface area contributed by atoms with Gasteiger partial charge in [0.15, 0.2) is 0 Å². The summed E-state index contributed by atoms with van der Waals surface area (Å²) in [7, 11) is 5.22. The predicted octanol–water partition coefficient (Wildman–Crippen LogP) is -0.335. The number of aromatic nitrogens is 2. The molecule has 1 aromatic rings. The fraction of sp³-hybridized carbons (Fsp3) is 0.643. The SMILES string of the molecule is CNC(=O)C1CCCN(C(=O)C(NC)c2cnn(C)c2)C1. The molecule has 7 heteroatoms. The van der Waals surface area contributed by atoms with Crippen molar-refractivity contribution in [2.45, 2.75) is 18.9 Å². The second kappa shape index (κ2) is 6.71. The van der Waals surface area contributed by atoms with E-state index in [1.807, 2.05) is 13.2 Å². The molecule has 2 rings (SSSR count). The first-order valence-corrected chi connectivity index (χ1v) is 7.23. The Kier molecular flexibility index (Phi) is 4.95. The van der Waals surface area contributed by atoms with Gasteiger partial charge in [-0.05, 0) is 19.9 Å². The first-order chi connectivity index (χ1) is 10.1. The molecule has 2 heterocycles. The number of hydrogen-bond acceptors (Lipinski definition) is 4. The fourth-order valence-corrected chi connectivity index (χ4v) is 2.80. The largest absolute Gasteiger partial charge is 0.359 e. The molecule has 1 saturated heterocycles. The summed E-state index contributed by atoms with van der Waals surface area (Å²) in [5, 5.41) is 9.82. The van der Waals surface area contributed by atoms with Crippen LogP contribution in [-0.4, -0.2) is 53.7 Å². The van der Waals surface area contributed by atoms with Crippen molar-refractivity contribution in [1.29, 1.82) is 0 Å². The average Bonchev–Trinajstić information content (AvgIpc) is 2.93. The number of piperidine rings is 1. The maximum absolute atomic E-state index is 12.7. The summed E-state index contributed by atoms with van der Waals surface area (Å²) < 4.78 is 1.68. The minimum Gasteiger partial charge on any atom is -0.359 e. The highest BCUT2D eigenvalue weighted by atomic mass is 16.2. The highest BCUT2D eigenvalue weighted by Crippen LogP contribution is 2.21. The lowest BCUT2D eigenvalue weighted by Crippen LogP contribution is -2.48. The summed E-state index contributed by atoms with van der Waals surface area (Å²) >= 11 is 0. The first kappa shape index (κ1) is 15.5. The molecule has 2 N–H and O–H groups in total. The summed E-state index contributed by atoms with van der Waals surface area (Å²) in [6.45, 7) is 1.18. The van der Waals surface area contributed by atoms with Gasteiger partial charge < -0.3 is 15.5 Å². The zero-order chi connectivity index (χ0) is 15.4. The normalized spacial score (nSPS) is 20.1. The zero-order valence-electron chi connectivity index (χ0n) is 12.8. The lowest BCUT2D eigenvalue weighted by atomic mass is 9.96. The second-order valence-electron chi connectivity index (χ2n) is 5.41. The molecule has 2 unspecified atom stereocenters. The molecule has 1 aromatic heterocycles. The molecular formula is C14H23N5O2. The Balaban J connectivity index is 2.08. The number of aryl methyl sites for hydroxylation is 1. The lowest BCUT2D eigenvalue weighted by Gasteiger charge is -2.34. The number of carbonyl (C=O) groups is 2. The minimum absolute atomic E-state index is 0.000830. The third-order valence-corrected chi connectivity index (χ3v) is 3.94. The van der Waals surface area contributed by atoms with Crippen molar-refractivity contribution in [3.8, 4) is 0 Å². The Morgan fingerprint density at radius 3 is 2.76 bits per heavy atom. The molecule has 0 radical (unpaired) electrons. The van der Waals surface area contributed by atoms with E-state index in [2.05, 4.69) is 15.7 Å². The van der Waals surface area contributed by atoms with Gasteiger partial charge in [-0.25, -0.2) is 0 Å². The van der Waals surface area contributed by atoms with Crippen LogP contribution in [0.4, 0.5) is 0 Å². The van der Waals surface area contributed by atoms with Crippen molar-refractivity contribution in [2.75, 3.05) is 27.2 Å². The van der Waals surface area contributed by atoms with Crippen LogP contribution in [0.5, 0.6) is 0 Å². The molecule has 0 bridgehead atoms. The maximum Gasteiger partial charge on any atom is 0.244 e. The average molecular weight is 293 g/mol. The third-order valence-electron chi connectivity index (χ3n) is 3.94. The number of nitrogens with zero attached hydrogens (tertiary/aromatic N) is 3. The highest BCUT2D eigenvalue weighted by Gasteiger charge is 2.32. The molecule has 7 nitrogen and oxygen atoms in total. The van der Waals surface area contributed by atoms with Crippen LogP contribution >= 0.6 is 0 Å². The molecule has 1 fully saturated rings. The Bertz CT molecular complexity index is 513. The number of likely N-dealkylation sites (tertiary alicyclic amines) is 1. The van der Waals surface area contributed by atoms with E-state index in [9.17, 15) is 9.59 Å². The van der Waals surface area contributed by atoms with Crippen molar-refractivity contribution >= 4 is 11.8 Å². The Labute approximate surface area is 124 Å². The van der Waals surface area contributed by atoms with Gasteiger partial charge >= 0.3 is 0 Å². The Morgan fingerprint density at radius 2 is 2.19 bits per heavy atom. The molecule has 0 aliphatic carbocycles. The van der Waals surface area contributed by atoms with E-state index in [4.69, 9.17) is 0 Å². The number of nitrogens with one attached hydrogen (secondary N) is 2. The van der Waals surface area contributed by atoms with Crippen LogP contribution in [-0.2, 0) is 16.6 Å². The van der Waals surface area contributed by atoms with E-state index in [1.54, 1.807) is 29.9 Å². The van der Waals surface area contributed by atoms with Gasteiger partial charge in [0.05, 0.1) is 12.1 Å². The number of likely N-dealkylation sites (N-methyl/N-ethyl adjacent to an activating group) is 1. The summed E-state index contributed by atoms with van der Waals surface area (Å²) in [6, 6.07) is -0.415. The van der Waals surface area contributed by atoms with Crippen LogP contribution in [0.1, 0.15) is 24.4 Å². The smallest absolute Gasteiger partial charge is 0.244 e. The van der Waals surface area contributed by atoms with Crippen LogP contribution in [0.2, 0.25) is 0 Å². The Hall–Kier alpha value is -1.89. The van der Waals surface area contributed by atoms with Crippen LogP contribution < -0.4 is 10.6 Å². The van der Waals surface area contributed by atoms with Gasteiger partial charge in [0.1, 0.15) is 6.04 Å². The zero-order valence-corrected chi connectivity index (χ0v) is 12.8. The van der Waals surface area contributed by atoms with E-state index in [0.29, 0.717) is 13.1 Å². The van der Waals surface area contributed by atoms with Crippen molar-refractivity contribution < 1.29 is 9.59 Å². The van der Waals surface area contributed by atoms with Crippen molar-refractivity contribution in [3.05, 3.63) is 18.0 Å². The molecule has 1 aliphatic rings. The quantitative estimate of drug-likeness (QED) is 0.796. The van der Waals surface area contributed by atoms with Gasteiger partial charge in [-0.15, -0.1) is 0 Å². The summed E-state index contributed by atoms with van der Waals surface area (Å²) in [4.78, 5) is 26.2. The van der Waals surface area contributed by atoms with Crippen molar-refractivity contribution in [1.82, 2.24) is 25.3 Å². The number of amides is 2. The van der Waals surface area contributed by atoms with E-state index in [1.165, 1.54) is 0 Å². The van der Waals surface area contributed by atoms with E-state index < -0.39 is 6.04 Å². The van der Waals surface area contributed by atoms with Gasteiger partial charge in [0.25, 0.3) is 0 Å². The third kappa shape index (κ3) is 3.41. The summed E-state index contributed by atoms with van der Waals surface area (Å²) in [5.74, 6) is -0.104. The molecule has 21 heavy (non-hydrogen) atoms. The molecule has 2 atom stereocenters. The van der Waals surface area contributed by atoms with Crippen LogP contribution in [0.15, 0.2) is 12.4 Å². The van der Waals surface area contributed by atoms with Gasteiger partial charge in [-0.2, -0.15) is 5.10 Å². The van der Waals surface area contributed by atoms with Gasteiger partial charge in [-0.1, -0.05) is 0 Å². The maximum atomic E-state index is 12.7. The summed E-state index contributed by atoms with van der Waals surface area (Å²) in [5.41, 5.74) is 0.840. The molecule has 2 amide bonds. The van der Waals surface area contributed by atoms with E-state index in [0.717, 1.165) is 18.4 Å². The van der Waals surface area contributed by atoms with E-state index >= 15 is 0 Å². The first-order valence-electron chi connectivity index (χ1n) is 7.23. The molecule has 0 spiro atoms. The highest BCUT2D eigenvalue weighted by molar-refractivity contribution is 5.85. The van der Waals surface area contributed by atoms with Crippen LogP contribution in [0, 0.1) is 5.92 Å². The lowest BCUT2D eigenvalue weighted by molar-refractivity contribution is -0.137. The minimum atomic E-state index is -0.415. The van der Waals surface area contributed by atoms with Crippen LogP contribution in [0.25, 0.3) is 0 Å². The number of hydrogen-bond donors (Lipinski definition) is 2. The molecular weight excluding hydrogens is 270 g/mol. The molecule has 0 saturated carbocycles. The standard InChI is InChI=1S/C14H23N5O2/c1-15-12(11-7-17-18(3)8-11)14(21)19-6-4-5-10(9-19)13(20)16-2/h7-8,10,12,15H,4-6,9H2,1-3H3,(H,16,20). The van der Waals surface area contributed by atoms with E-state index in [-0.39, 0.29) is 17.7 Å².